The van der Waals surface area contributed by atoms with Gasteiger partial charge in [-0.3, -0.25) is 14.6 Å². The average Bonchev–Trinajstić information content (AvgIpc) is 2.38. The van der Waals surface area contributed by atoms with E-state index in [0.717, 1.165) is 18.5 Å². The summed E-state index contributed by atoms with van der Waals surface area (Å²) in [4.78, 5) is 26.9. The highest BCUT2D eigenvalue weighted by Crippen LogP contribution is 1.92. The van der Waals surface area contributed by atoms with Crippen molar-refractivity contribution in [1.29, 1.82) is 0 Å². The van der Waals surface area contributed by atoms with E-state index in [9.17, 15) is 9.59 Å². The first-order chi connectivity index (χ1) is 8.72. The Labute approximate surface area is 107 Å². The molecule has 0 aliphatic carbocycles. The van der Waals surface area contributed by atoms with E-state index in [1.165, 1.54) is 0 Å². The largest absolute Gasteiger partial charge is 0.356 e. The van der Waals surface area contributed by atoms with E-state index in [1.807, 2.05) is 25.1 Å². The molecule has 5 nitrogen and oxygen atoms in total. The quantitative estimate of drug-likeness (QED) is 0.559. The van der Waals surface area contributed by atoms with Crippen LogP contribution >= 0.6 is 0 Å². The lowest BCUT2D eigenvalue weighted by molar-refractivity contribution is -0.129. The van der Waals surface area contributed by atoms with Crippen LogP contribution in [0.5, 0.6) is 0 Å². The van der Waals surface area contributed by atoms with Crippen LogP contribution in [0.15, 0.2) is 24.4 Å². The van der Waals surface area contributed by atoms with E-state index >= 15 is 0 Å². The Morgan fingerprint density at radius 3 is 2.67 bits per heavy atom. The maximum atomic E-state index is 11.5. The predicted octanol–water partition coefficient (Wildman–Crippen LogP) is 1.00. The van der Waals surface area contributed by atoms with E-state index < -0.39 is 0 Å². The van der Waals surface area contributed by atoms with Gasteiger partial charge in [0.1, 0.15) is 6.42 Å². The van der Waals surface area contributed by atoms with Gasteiger partial charge in [0.15, 0.2) is 0 Å². The van der Waals surface area contributed by atoms with Gasteiger partial charge in [-0.1, -0.05) is 19.4 Å². The zero-order chi connectivity index (χ0) is 13.2. The van der Waals surface area contributed by atoms with Gasteiger partial charge in [0.25, 0.3) is 0 Å². The second kappa shape index (κ2) is 8.22. The summed E-state index contributed by atoms with van der Waals surface area (Å²) in [6.07, 6.45) is 3.49. The van der Waals surface area contributed by atoms with Gasteiger partial charge in [-0.2, -0.15) is 0 Å². The zero-order valence-electron chi connectivity index (χ0n) is 10.6. The van der Waals surface area contributed by atoms with Crippen LogP contribution < -0.4 is 10.6 Å². The highest BCUT2D eigenvalue weighted by molar-refractivity contribution is 5.96. The summed E-state index contributed by atoms with van der Waals surface area (Å²) in [6, 6.07) is 5.49. The van der Waals surface area contributed by atoms with E-state index in [2.05, 4.69) is 15.6 Å². The Kier molecular flexibility index (Phi) is 6.46. The lowest BCUT2D eigenvalue weighted by Crippen LogP contribution is -2.32. The zero-order valence-corrected chi connectivity index (χ0v) is 10.6. The maximum Gasteiger partial charge on any atom is 0.229 e. The molecule has 2 N–H and O–H groups in total. The standard InChI is InChI=1S/C13H19N3O2/c1-2-3-7-15-12(17)9-13(18)16-10-11-6-4-5-8-14-11/h4-6,8H,2-3,7,9-10H2,1H3,(H,15,17)(H,16,18). The number of unbranched alkanes of at least 4 members (excludes halogenated alkanes) is 1. The number of carbonyl (C=O) groups is 2. The molecule has 0 saturated heterocycles. The lowest BCUT2D eigenvalue weighted by Gasteiger charge is -2.05. The van der Waals surface area contributed by atoms with Gasteiger partial charge >= 0.3 is 0 Å². The average molecular weight is 249 g/mol. The van der Waals surface area contributed by atoms with Crippen molar-refractivity contribution in [2.24, 2.45) is 0 Å². The Morgan fingerprint density at radius 1 is 1.22 bits per heavy atom. The summed E-state index contributed by atoms with van der Waals surface area (Å²) < 4.78 is 0. The molecule has 0 aliphatic heterocycles. The molecule has 0 radical (unpaired) electrons. The third-order valence-electron chi connectivity index (χ3n) is 2.37. The number of hydrogen-bond donors (Lipinski definition) is 2. The first-order valence-electron chi connectivity index (χ1n) is 6.15. The second-order valence-electron chi connectivity index (χ2n) is 3.98. The van der Waals surface area contributed by atoms with Crippen molar-refractivity contribution in [1.82, 2.24) is 15.6 Å². The molecular formula is C13H19N3O2. The van der Waals surface area contributed by atoms with Crippen molar-refractivity contribution in [3.05, 3.63) is 30.1 Å². The fraction of sp³-hybridized carbons (Fsp3) is 0.462. The van der Waals surface area contributed by atoms with Crippen molar-refractivity contribution in [2.75, 3.05) is 6.54 Å². The molecule has 0 unspecified atom stereocenters. The number of amides is 2. The molecular weight excluding hydrogens is 230 g/mol. The van der Waals surface area contributed by atoms with Crippen molar-refractivity contribution < 1.29 is 9.59 Å². The molecule has 2 amide bonds. The molecule has 18 heavy (non-hydrogen) atoms. The van der Waals surface area contributed by atoms with Crippen LogP contribution in [0, 0.1) is 0 Å². The van der Waals surface area contributed by atoms with Crippen LogP contribution in [0.2, 0.25) is 0 Å². The molecule has 0 atom stereocenters. The number of hydrogen-bond acceptors (Lipinski definition) is 3. The van der Waals surface area contributed by atoms with Gasteiger partial charge in [-0.05, 0) is 18.6 Å². The van der Waals surface area contributed by atoms with Crippen molar-refractivity contribution in [3.63, 3.8) is 0 Å². The normalized spacial score (nSPS) is 9.83. The summed E-state index contributed by atoms with van der Waals surface area (Å²) >= 11 is 0. The molecule has 5 heteroatoms. The lowest BCUT2D eigenvalue weighted by atomic mass is 10.3. The van der Waals surface area contributed by atoms with Gasteiger partial charge in [0.05, 0.1) is 12.2 Å². The summed E-state index contributed by atoms with van der Waals surface area (Å²) in [6.45, 7) is 3.02. The summed E-state index contributed by atoms with van der Waals surface area (Å²) in [5, 5.41) is 5.36. The van der Waals surface area contributed by atoms with Gasteiger partial charge in [0.2, 0.25) is 11.8 Å². The fourth-order valence-corrected chi connectivity index (χ4v) is 1.37. The fourth-order valence-electron chi connectivity index (χ4n) is 1.37. The molecule has 0 fully saturated rings. The third-order valence-corrected chi connectivity index (χ3v) is 2.37. The topological polar surface area (TPSA) is 71.1 Å². The Bertz CT molecular complexity index is 379. The van der Waals surface area contributed by atoms with E-state index in [-0.39, 0.29) is 18.2 Å². The maximum absolute atomic E-state index is 11.5. The number of pyridine rings is 1. The monoisotopic (exact) mass is 249 g/mol. The highest BCUT2D eigenvalue weighted by Gasteiger charge is 2.08. The summed E-state index contributed by atoms with van der Waals surface area (Å²) in [7, 11) is 0. The molecule has 1 aromatic rings. The van der Waals surface area contributed by atoms with E-state index in [0.29, 0.717) is 13.1 Å². The van der Waals surface area contributed by atoms with E-state index in [1.54, 1.807) is 6.20 Å². The molecule has 1 aromatic heterocycles. The molecule has 0 bridgehead atoms. The van der Waals surface area contributed by atoms with Gasteiger partial charge in [-0.25, -0.2) is 0 Å². The first kappa shape index (κ1) is 14.2. The first-order valence-corrected chi connectivity index (χ1v) is 6.15. The van der Waals surface area contributed by atoms with Crippen LogP contribution in [-0.4, -0.2) is 23.3 Å². The minimum Gasteiger partial charge on any atom is -0.356 e. The molecule has 98 valence electrons. The highest BCUT2D eigenvalue weighted by atomic mass is 16.2. The molecule has 0 aliphatic rings. The third kappa shape index (κ3) is 5.98. The van der Waals surface area contributed by atoms with Crippen LogP contribution in [0.25, 0.3) is 0 Å². The number of carbonyl (C=O) groups excluding carboxylic acids is 2. The minimum absolute atomic E-state index is 0.128. The summed E-state index contributed by atoms with van der Waals surface area (Å²) in [5.41, 5.74) is 0.775. The Hall–Kier alpha value is -1.91. The van der Waals surface area contributed by atoms with Crippen molar-refractivity contribution >= 4 is 11.8 Å². The molecule has 0 saturated carbocycles. The van der Waals surface area contributed by atoms with Crippen LogP contribution in [0.4, 0.5) is 0 Å². The Balaban J connectivity index is 2.19. The number of nitrogens with one attached hydrogen (secondary N) is 2. The summed E-state index contributed by atoms with van der Waals surface area (Å²) in [5.74, 6) is -0.517. The molecule has 1 rings (SSSR count). The van der Waals surface area contributed by atoms with Gasteiger partial charge in [0, 0.05) is 12.7 Å². The number of rotatable bonds is 7. The predicted molar refractivity (Wildman–Crippen MR) is 68.6 cm³/mol. The molecule has 1 heterocycles. The number of nitrogens with zero attached hydrogens (tertiary/aromatic N) is 1. The number of aromatic nitrogens is 1. The van der Waals surface area contributed by atoms with Gasteiger partial charge < -0.3 is 10.6 Å². The molecule has 0 aromatic carbocycles. The molecule has 0 spiro atoms. The van der Waals surface area contributed by atoms with Crippen LogP contribution in [0.3, 0.4) is 0 Å². The second-order valence-corrected chi connectivity index (χ2v) is 3.98. The van der Waals surface area contributed by atoms with Crippen LogP contribution in [0.1, 0.15) is 31.9 Å². The smallest absolute Gasteiger partial charge is 0.229 e. The van der Waals surface area contributed by atoms with Crippen molar-refractivity contribution in [3.8, 4) is 0 Å². The minimum atomic E-state index is -0.283. The van der Waals surface area contributed by atoms with Crippen LogP contribution in [-0.2, 0) is 16.1 Å². The van der Waals surface area contributed by atoms with Gasteiger partial charge in [-0.15, -0.1) is 0 Å². The van der Waals surface area contributed by atoms with Crippen molar-refractivity contribution in [2.45, 2.75) is 32.7 Å². The SMILES string of the molecule is CCCCNC(=O)CC(=O)NCc1ccccn1. The van der Waals surface area contributed by atoms with E-state index in [4.69, 9.17) is 0 Å². The Morgan fingerprint density at radius 2 is 2.00 bits per heavy atom.